The first-order chi connectivity index (χ1) is 10.6. The van der Waals surface area contributed by atoms with Crippen molar-refractivity contribution in [1.82, 2.24) is 4.57 Å². The van der Waals surface area contributed by atoms with Crippen LogP contribution in [0.15, 0.2) is 36.5 Å². The van der Waals surface area contributed by atoms with E-state index in [4.69, 9.17) is 0 Å². The molecule has 2 N–H and O–H groups in total. The van der Waals surface area contributed by atoms with Crippen LogP contribution in [0.3, 0.4) is 0 Å². The molecule has 0 aliphatic rings. The summed E-state index contributed by atoms with van der Waals surface area (Å²) in [5.41, 5.74) is 2.17. The van der Waals surface area contributed by atoms with E-state index in [2.05, 4.69) is 10.6 Å². The average molecular weight is 313 g/mol. The average Bonchev–Trinajstić information content (AvgIpc) is 3.09. The van der Waals surface area contributed by atoms with Gasteiger partial charge in [0.25, 0.3) is 5.91 Å². The van der Waals surface area contributed by atoms with E-state index in [1.165, 1.54) is 11.3 Å². The number of amides is 1. The smallest absolute Gasteiger partial charge is 0.272 e. The number of carbonyl (C=O) groups is 2. The zero-order chi connectivity index (χ0) is 15.7. The lowest BCUT2D eigenvalue weighted by Crippen LogP contribution is -2.15. The highest BCUT2D eigenvalue weighted by Gasteiger charge is 2.12. The lowest BCUT2D eigenvalue weighted by Gasteiger charge is -2.06. The van der Waals surface area contributed by atoms with Crippen LogP contribution in [0.2, 0.25) is 0 Å². The highest BCUT2D eigenvalue weighted by Crippen LogP contribution is 2.27. The second-order valence-corrected chi connectivity index (χ2v) is 6.06. The van der Waals surface area contributed by atoms with Crippen molar-refractivity contribution < 1.29 is 9.59 Å². The number of benzene rings is 1. The molecule has 5 nitrogen and oxygen atoms in total. The zero-order valence-electron chi connectivity index (χ0n) is 12.2. The molecule has 0 saturated carbocycles. The molecule has 0 aliphatic carbocycles. The van der Waals surface area contributed by atoms with Crippen molar-refractivity contribution in [2.45, 2.75) is 0 Å². The van der Waals surface area contributed by atoms with Crippen LogP contribution < -0.4 is 10.6 Å². The number of thiophene rings is 1. The Kier molecular flexibility index (Phi) is 3.68. The lowest BCUT2D eigenvalue weighted by molar-refractivity contribution is 0.101. The van der Waals surface area contributed by atoms with E-state index in [-0.39, 0.29) is 5.91 Å². The third-order valence-corrected chi connectivity index (χ3v) is 4.48. The minimum atomic E-state index is -0.172. The van der Waals surface area contributed by atoms with E-state index in [9.17, 15) is 9.59 Å². The van der Waals surface area contributed by atoms with E-state index in [0.717, 1.165) is 22.1 Å². The van der Waals surface area contributed by atoms with Crippen molar-refractivity contribution in [3.8, 4) is 0 Å². The van der Waals surface area contributed by atoms with Crippen LogP contribution in [0.5, 0.6) is 0 Å². The molecule has 6 heteroatoms. The number of aryl methyl sites for hydroxylation is 1. The number of aromatic nitrogens is 1. The first-order valence-corrected chi connectivity index (χ1v) is 7.56. The predicted molar refractivity (Wildman–Crippen MR) is 90.1 cm³/mol. The molecule has 0 bridgehead atoms. The van der Waals surface area contributed by atoms with Gasteiger partial charge in [-0.3, -0.25) is 9.59 Å². The maximum atomic E-state index is 12.3. The Morgan fingerprint density at radius 3 is 2.73 bits per heavy atom. The van der Waals surface area contributed by atoms with E-state index < -0.39 is 0 Å². The number of anilines is 2. The molecule has 0 radical (unpaired) electrons. The summed E-state index contributed by atoms with van der Waals surface area (Å²) in [5, 5.41) is 6.84. The summed E-state index contributed by atoms with van der Waals surface area (Å²) in [4.78, 5) is 23.9. The molecule has 1 aromatic carbocycles. The van der Waals surface area contributed by atoms with Gasteiger partial charge in [-0.1, -0.05) is 0 Å². The van der Waals surface area contributed by atoms with Crippen molar-refractivity contribution in [3.05, 3.63) is 47.1 Å². The molecule has 0 spiro atoms. The van der Waals surface area contributed by atoms with E-state index >= 15 is 0 Å². The largest absolute Gasteiger partial charge is 0.387 e. The highest BCUT2D eigenvalue weighted by atomic mass is 32.1. The number of aldehydes is 1. The summed E-state index contributed by atoms with van der Waals surface area (Å²) >= 11 is 1.44. The maximum absolute atomic E-state index is 12.3. The van der Waals surface area contributed by atoms with Crippen molar-refractivity contribution in [2.24, 2.45) is 7.05 Å². The van der Waals surface area contributed by atoms with Crippen LogP contribution in [0, 0.1) is 0 Å². The van der Waals surface area contributed by atoms with Crippen LogP contribution in [0.25, 0.3) is 10.1 Å². The molecular weight excluding hydrogens is 298 g/mol. The molecule has 112 valence electrons. The minimum absolute atomic E-state index is 0.172. The van der Waals surface area contributed by atoms with Gasteiger partial charge in [0.05, 0.1) is 10.6 Å². The molecule has 22 heavy (non-hydrogen) atoms. The summed E-state index contributed by atoms with van der Waals surface area (Å²) in [7, 11) is 3.64. The molecular formula is C16H15N3O2S. The van der Waals surface area contributed by atoms with Crippen molar-refractivity contribution >= 4 is 45.0 Å². The summed E-state index contributed by atoms with van der Waals surface area (Å²) in [6.07, 6.45) is 2.69. The van der Waals surface area contributed by atoms with Gasteiger partial charge in [-0.15, -0.1) is 11.3 Å². The van der Waals surface area contributed by atoms with Gasteiger partial charge >= 0.3 is 0 Å². The minimum Gasteiger partial charge on any atom is -0.387 e. The van der Waals surface area contributed by atoms with Crippen LogP contribution in [0.4, 0.5) is 11.4 Å². The fraction of sp³-hybridized carbons (Fsp3) is 0.125. The Morgan fingerprint density at radius 1 is 1.23 bits per heavy atom. The normalized spacial score (nSPS) is 10.6. The molecule has 2 aromatic heterocycles. The Bertz CT molecular complexity index is 864. The third kappa shape index (κ3) is 2.60. The molecule has 0 saturated heterocycles. The van der Waals surface area contributed by atoms with E-state index in [0.29, 0.717) is 16.3 Å². The first kappa shape index (κ1) is 14.3. The molecule has 3 rings (SSSR count). The number of hydrogen-bond donors (Lipinski definition) is 2. The Morgan fingerprint density at radius 2 is 2.05 bits per heavy atom. The summed E-state index contributed by atoms with van der Waals surface area (Å²) in [6, 6.07) is 9.24. The molecule has 3 aromatic rings. The lowest BCUT2D eigenvalue weighted by atomic mass is 10.2. The highest BCUT2D eigenvalue weighted by molar-refractivity contribution is 7.20. The topological polar surface area (TPSA) is 63.1 Å². The molecule has 0 unspecified atom stereocenters. The van der Waals surface area contributed by atoms with Crippen LogP contribution in [-0.2, 0) is 7.05 Å². The van der Waals surface area contributed by atoms with E-state index in [1.54, 1.807) is 10.6 Å². The SMILES string of the molecule is CNc1cc(C(=O)Nc2ccc3sc(C=O)cc3c2)n(C)c1. The van der Waals surface area contributed by atoms with Crippen molar-refractivity contribution in [2.75, 3.05) is 17.7 Å². The standard InChI is InChI=1S/C16H15N3O2S/c1-17-12-7-14(19(2)8-12)16(21)18-11-3-4-15-10(5-11)6-13(9-20)22-15/h3-9,17H,1-2H3,(H,18,21). The van der Waals surface area contributed by atoms with Crippen LogP contribution >= 0.6 is 11.3 Å². The van der Waals surface area contributed by atoms with Gasteiger partial charge in [-0.2, -0.15) is 0 Å². The van der Waals surface area contributed by atoms with Gasteiger partial charge in [0.1, 0.15) is 5.69 Å². The molecule has 1 amide bonds. The number of nitrogens with one attached hydrogen (secondary N) is 2. The van der Waals surface area contributed by atoms with Gasteiger partial charge in [0, 0.05) is 30.7 Å². The molecule has 2 heterocycles. The van der Waals surface area contributed by atoms with Gasteiger partial charge < -0.3 is 15.2 Å². The number of nitrogens with zero attached hydrogens (tertiary/aromatic N) is 1. The predicted octanol–water partition coefficient (Wildman–Crippen LogP) is 3.35. The maximum Gasteiger partial charge on any atom is 0.272 e. The van der Waals surface area contributed by atoms with E-state index in [1.807, 2.05) is 44.6 Å². The Balaban J connectivity index is 1.86. The Hall–Kier alpha value is -2.60. The Labute approximate surface area is 131 Å². The van der Waals surface area contributed by atoms with Crippen LogP contribution in [0.1, 0.15) is 20.2 Å². The summed E-state index contributed by atoms with van der Waals surface area (Å²) in [5.74, 6) is -0.172. The van der Waals surface area contributed by atoms with Crippen molar-refractivity contribution in [3.63, 3.8) is 0 Å². The van der Waals surface area contributed by atoms with Gasteiger partial charge in [0.15, 0.2) is 6.29 Å². The second kappa shape index (κ2) is 5.65. The zero-order valence-corrected chi connectivity index (χ0v) is 13.0. The monoisotopic (exact) mass is 313 g/mol. The number of fused-ring (bicyclic) bond motifs is 1. The number of hydrogen-bond acceptors (Lipinski definition) is 4. The van der Waals surface area contributed by atoms with Gasteiger partial charge in [-0.25, -0.2) is 0 Å². The van der Waals surface area contributed by atoms with Gasteiger partial charge in [-0.05, 0) is 35.7 Å². The van der Waals surface area contributed by atoms with Crippen LogP contribution in [-0.4, -0.2) is 23.8 Å². The number of rotatable bonds is 4. The molecule has 0 atom stereocenters. The third-order valence-electron chi connectivity index (χ3n) is 3.44. The molecule has 0 fully saturated rings. The fourth-order valence-corrected chi connectivity index (χ4v) is 3.18. The second-order valence-electron chi connectivity index (χ2n) is 4.95. The molecule has 0 aliphatic heterocycles. The summed E-state index contributed by atoms with van der Waals surface area (Å²) < 4.78 is 2.80. The number of carbonyl (C=O) groups excluding carboxylic acids is 2. The quantitative estimate of drug-likeness (QED) is 0.726. The van der Waals surface area contributed by atoms with Crippen molar-refractivity contribution in [1.29, 1.82) is 0 Å². The van der Waals surface area contributed by atoms with Gasteiger partial charge in [0.2, 0.25) is 0 Å². The fourth-order valence-electron chi connectivity index (χ4n) is 2.32. The first-order valence-electron chi connectivity index (χ1n) is 6.75. The summed E-state index contributed by atoms with van der Waals surface area (Å²) in [6.45, 7) is 0.